The van der Waals surface area contributed by atoms with Crippen LogP contribution >= 0.6 is 11.3 Å². The van der Waals surface area contributed by atoms with Crippen LogP contribution in [0.15, 0.2) is 52.7 Å². The maximum atomic E-state index is 14.2. The van der Waals surface area contributed by atoms with E-state index in [9.17, 15) is 26.8 Å². The van der Waals surface area contributed by atoms with Crippen molar-refractivity contribution in [3.8, 4) is 5.75 Å². The number of hydrogen-bond acceptors (Lipinski definition) is 7. The van der Waals surface area contributed by atoms with E-state index in [0.29, 0.717) is 18.9 Å². The predicted molar refractivity (Wildman–Crippen MR) is 118 cm³/mol. The molecule has 1 unspecified atom stereocenters. The number of carbonyl (C=O) groups is 2. The smallest absolute Gasteiger partial charge is 0.309 e. The van der Waals surface area contributed by atoms with Crippen molar-refractivity contribution < 1.29 is 36.6 Å². The molecule has 1 aliphatic carbocycles. The number of sulfone groups is 1. The molecule has 2 aromatic carbocycles. The van der Waals surface area contributed by atoms with Gasteiger partial charge in [0.25, 0.3) is 5.91 Å². The molecule has 8 nitrogen and oxygen atoms in total. The van der Waals surface area contributed by atoms with Gasteiger partial charge in [-0.15, -0.1) is 11.3 Å². The Morgan fingerprint density at radius 3 is 2.50 bits per heavy atom. The van der Waals surface area contributed by atoms with Gasteiger partial charge >= 0.3 is 5.97 Å². The molecule has 1 amide bonds. The Bertz CT molecular complexity index is 1340. The number of hydrogen-bond donors (Lipinski definition) is 2. The highest BCUT2D eigenvalue weighted by Crippen LogP contribution is 2.34. The molecule has 12 heteroatoms. The van der Waals surface area contributed by atoms with Gasteiger partial charge in [-0.25, -0.2) is 22.2 Å². The zero-order valence-corrected chi connectivity index (χ0v) is 19.0. The summed E-state index contributed by atoms with van der Waals surface area (Å²) in [7, 11) is -3.45. The SMILES string of the molecule is O=C(O)Cc1csc(NC(=O)C(Oc2ccc(F)cc2F)c2ccc(S(=O)(=O)C3CC3)cc2)n1. The van der Waals surface area contributed by atoms with E-state index < -0.39 is 44.7 Å². The lowest BCUT2D eigenvalue weighted by atomic mass is 10.1. The topological polar surface area (TPSA) is 123 Å². The number of ether oxygens (including phenoxy) is 1. The third-order valence-corrected chi connectivity index (χ3v) is 8.05. The van der Waals surface area contributed by atoms with E-state index in [1.807, 2.05) is 0 Å². The van der Waals surface area contributed by atoms with Crippen molar-refractivity contribution in [3.05, 3.63) is 70.7 Å². The van der Waals surface area contributed by atoms with Crippen LogP contribution in [0.4, 0.5) is 13.9 Å². The first-order chi connectivity index (χ1) is 16.1. The number of carbonyl (C=O) groups excluding carboxylic acids is 1. The number of rotatable bonds is 9. The standard InChI is InChI=1S/C22H18F2N2O6S2/c23-13-3-8-18(17(24)9-13)32-20(21(29)26-22-25-14(11-33-22)10-19(27)28)12-1-4-15(5-2-12)34(30,31)16-6-7-16/h1-5,8-9,11,16,20H,6-7,10H2,(H,27,28)(H,25,26,29). The van der Waals surface area contributed by atoms with Crippen LogP contribution in [0, 0.1) is 11.6 Å². The highest BCUT2D eigenvalue weighted by atomic mass is 32.2. The number of aliphatic carboxylic acids is 1. The Morgan fingerprint density at radius 2 is 1.88 bits per heavy atom. The molecule has 1 aliphatic rings. The van der Waals surface area contributed by atoms with Crippen molar-refractivity contribution in [2.24, 2.45) is 0 Å². The summed E-state index contributed by atoms with van der Waals surface area (Å²) in [6.07, 6.45) is -0.576. The summed E-state index contributed by atoms with van der Waals surface area (Å²) >= 11 is 0.995. The van der Waals surface area contributed by atoms with Crippen molar-refractivity contribution >= 4 is 38.2 Å². The van der Waals surface area contributed by atoms with Gasteiger partial charge in [-0.3, -0.25) is 14.9 Å². The Balaban J connectivity index is 1.61. The summed E-state index contributed by atoms with van der Waals surface area (Å²) in [6.45, 7) is 0. The van der Waals surface area contributed by atoms with Crippen LogP contribution in [0.3, 0.4) is 0 Å². The highest BCUT2D eigenvalue weighted by molar-refractivity contribution is 7.92. The van der Waals surface area contributed by atoms with Crippen LogP contribution in [-0.4, -0.2) is 35.6 Å². The summed E-state index contributed by atoms with van der Waals surface area (Å²) in [5.41, 5.74) is 0.461. The molecule has 0 radical (unpaired) electrons. The number of thiazole rings is 1. The first-order valence-corrected chi connectivity index (χ1v) is 12.5. The molecule has 0 aliphatic heterocycles. The predicted octanol–water partition coefficient (Wildman–Crippen LogP) is 3.74. The molecule has 34 heavy (non-hydrogen) atoms. The molecule has 0 bridgehead atoms. The van der Waals surface area contributed by atoms with Crippen molar-refractivity contribution in [1.82, 2.24) is 4.98 Å². The first-order valence-electron chi connectivity index (χ1n) is 10.1. The minimum atomic E-state index is -3.45. The summed E-state index contributed by atoms with van der Waals surface area (Å²) in [6, 6.07) is 8.08. The Morgan fingerprint density at radius 1 is 1.18 bits per heavy atom. The zero-order chi connectivity index (χ0) is 24.5. The number of nitrogens with zero attached hydrogens (tertiary/aromatic N) is 1. The van der Waals surface area contributed by atoms with Crippen LogP contribution in [0.5, 0.6) is 5.75 Å². The van der Waals surface area contributed by atoms with Gasteiger partial charge in [0.1, 0.15) is 5.82 Å². The molecule has 0 spiro atoms. The van der Waals surface area contributed by atoms with E-state index in [-0.39, 0.29) is 33.5 Å². The second kappa shape index (κ2) is 9.47. The van der Waals surface area contributed by atoms with Gasteiger partial charge in [-0.2, -0.15) is 0 Å². The number of nitrogens with one attached hydrogen (secondary N) is 1. The van der Waals surface area contributed by atoms with Gasteiger partial charge in [0, 0.05) is 17.0 Å². The molecular weight excluding hydrogens is 490 g/mol. The second-order valence-corrected chi connectivity index (χ2v) is 10.7. The molecule has 178 valence electrons. The van der Waals surface area contributed by atoms with E-state index in [1.165, 1.54) is 29.6 Å². The van der Waals surface area contributed by atoms with Crippen molar-refractivity contribution in [2.75, 3.05) is 5.32 Å². The van der Waals surface area contributed by atoms with E-state index in [0.717, 1.165) is 23.5 Å². The molecule has 0 saturated heterocycles. The maximum absolute atomic E-state index is 14.2. The van der Waals surface area contributed by atoms with E-state index >= 15 is 0 Å². The fourth-order valence-electron chi connectivity index (χ4n) is 3.15. The third kappa shape index (κ3) is 5.39. The van der Waals surface area contributed by atoms with Gasteiger partial charge in [-0.1, -0.05) is 12.1 Å². The normalized spacial score (nSPS) is 14.4. The molecule has 4 rings (SSSR count). The Hall–Kier alpha value is -3.38. The summed E-state index contributed by atoms with van der Waals surface area (Å²) in [5, 5.41) is 12.5. The summed E-state index contributed by atoms with van der Waals surface area (Å²) < 4.78 is 58.0. The molecule has 1 fully saturated rings. The van der Waals surface area contributed by atoms with Crippen LogP contribution in [-0.2, 0) is 25.8 Å². The highest BCUT2D eigenvalue weighted by Gasteiger charge is 2.37. The molecule has 3 aromatic rings. The Kier molecular flexibility index (Phi) is 6.62. The minimum Gasteiger partial charge on any atom is -0.481 e. The fourth-order valence-corrected chi connectivity index (χ4v) is 5.52. The van der Waals surface area contributed by atoms with Gasteiger partial charge in [0.15, 0.2) is 26.5 Å². The van der Waals surface area contributed by atoms with Gasteiger partial charge in [0.05, 0.1) is 22.3 Å². The maximum Gasteiger partial charge on any atom is 0.309 e. The quantitative estimate of drug-likeness (QED) is 0.451. The summed E-state index contributed by atoms with van der Waals surface area (Å²) in [4.78, 5) is 28.0. The van der Waals surface area contributed by atoms with E-state index in [2.05, 4.69) is 10.3 Å². The lowest BCUT2D eigenvalue weighted by Crippen LogP contribution is -2.26. The van der Waals surface area contributed by atoms with Crippen molar-refractivity contribution in [2.45, 2.75) is 35.5 Å². The van der Waals surface area contributed by atoms with E-state index in [1.54, 1.807) is 0 Å². The average molecular weight is 509 g/mol. The first kappa shape index (κ1) is 23.8. The Labute approximate surface area is 197 Å². The van der Waals surface area contributed by atoms with Crippen LogP contribution in [0.25, 0.3) is 0 Å². The molecule has 2 N–H and O–H groups in total. The monoisotopic (exact) mass is 508 g/mol. The van der Waals surface area contributed by atoms with Gasteiger partial charge in [-0.05, 0) is 37.1 Å². The van der Waals surface area contributed by atoms with Gasteiger partial charge in [0.2, 0.25) is 6.10 Å². The van der Waals surface area contributed by atoms with Gasteiger partial charge < -0.3 is 9.84 Å². The average Bonchev–Trinajstić information content (AvgIpc) is 3.55. The largest absolute Gasteiger partial charge is 0.481 e. The zero-order valence-electron chi connectivity index (χ0n) is 17.4. The number of carboxylic acid groups (broad SMARTS) is 1. The number of aromatic nitrogens is 1. The third-order valence-electron chi connectivity index (χ3n) is 4.97. The van der Waals surface area contributed by atoms with Crippen LogP contribution in [0.1, 0.15) is 30.2 Å². The molecular formula is C22H18F2N2O6S2. The van der Waals surface area contributed by atoms with Crippen molar-refractivity contribution in [1.29, 1.82) is 0 Å². The fraction of sp³-hybridized carbons (Fsp3) is 0.227. The molecule has 1 saturated carbocycles. The number of benzene rings is 2. The number of amides is 1. The second-order valence-electron chi connectivity index (χ2n) is 7.59. The minimum absolute atomic E-state index is 0.0994. The van der Waals surface area contributed by atoms with E-state index in [4.69, 9.17) is 9.84 Å². The molecule has 1 aromatic heterocycles. The van der Waals surface area contributed by atoms with Crippen LogP contribution in [0.2, 0.25) is 0 Å². The number of halogens is 2. The summed E-state index contributed by atoms with van der Waals surface area (Å²) in [5.74, 6) is -4.09. The molecule has 1 atom stereocenters. The molecule has 1 heterocycles. The van der Waals surface area contributed by atoms with Crippen LogP contribution < -0.4 is 10.1 Å². The number of carboxylic acids is 1. The lowest BCUT2D eigenvalue weighted by molar-refractivity contribution is -0.136. The number of anilines is 1. The lowest BCUT2D eigenvalue weighted by Gasteiger charge is -2.19. The van der Waals surface area contributed by atoms with Crippen molar-refractivity contribution in [3.63, 3.8) is 0 Å².